The van der Waals surface area contributed by atoms with Gasteiger partial charge in [-0.05, 0) is 38.4 Å². The molecule has 0 spiro atoms. The van der Waals surface area contributed by atoms with E-state index < -0.39 is 17.8 Å². The van der Waals surface area contributed by atoms with E-state index in [2.05, 4.69) is 15.6 Å². The first kappa shape index (κ1) is 14.8. The molecular formula is C13H16F3N3O. The van der Waals surface area contributed by atoms with Crippen molar-refractivity contribution in [1.29, 1.82) is 0 Å². The highest BCUT2D eigenvalue weighted by atomic mass is 19.4. The standard InChI is InChI=1S/C13H16F3N3O/c1-8-10(3-2-6-17-8)19-12(20)9-4-5-11(18-7-9)13(14,15)16/h4-5,7-8,10,17H,2-3,6H2,1H3,(H,19,20). The fourth-order valence-corrected chi connectivity index (χ4v) is 2.19. The summed E-state index contributed by atoms with van der Waals surface area (Å²) in [7, 11) is 0. The molecule has 2 heterocycles. The number of hydrogen-bond acceptors (Lipinski definition) is 3. The first-order chi connectivity index (χ1) is 9.38. The average molecular weight is 287 g/mol. The summed E-state index contributed by atoms with van der Waals surface area (Å²) in [5, 5.41) is 6.06. The number of piperidine rings is 1. The number of amides is 1. The number of hydrogen-bond donors (Lipinski definition) is 2. The number of pyridine rings is 1. The van der Waals surface area contributed by atoms with Gasteiger partial charge < -0.3 is 10.6 Å². The molecule has 2 N–H and O–H groups in total. The third-order valence-electron chi connectivity index (χ3n) is 3.39. The van der Waals surface area contributed by atoms with Crippen LogP contribution in [0.2, 0.25) is 0 Å². The van der Waals surface area contributed by atoms with Crippen LogP contribution in [0.25, 0.3) is 0 Å². The lowest BCUT2D eigenvalue weighted by Crippen LogP contribution is -2.51. The molecule has 4 nitrogen and oxygen atoms in total. The Bertz CT molecular complexity index is 473. The van der Waals surface area contributed by atoms with Crippen molar-refractivity contribution in [3.8, 4) is 0 Å². The van der Waals surface area contributed by atoms with E-state index >= 15 is 0 Å². The molecule has 110 valence electrons. The molecular weight excluding hydrogens is 271 g/mol. The molecule has 1 amide bonds. The zero-order chi connectivity index (χ0) is 14.8. The molecule has 7 heteroatoms. The minimum Gasteiger partial charge on any atom is -0.348 e. The highest BCUT2D eigenvalue weighted by molar-refractivity contribution is 5.94. The minimum atomic E-state index is -4.49. The molecule has 1 aromatic heterocycles. The summed E-state index contributed by atoms with van der Waals surface area (Å²) in [5.41, 5.74) is -0.863. The van der Waals surface area contributed by atoms with E-state index in [0.29, 0.717) is 0 Å². The van der Waals surface area contributed by atoms with Crippen LogP contribution in [0.15, 0.2) is 18.3 Å². The van der Waals surface area contributed by atoms with Gasteiger partial charge in [0.15, 0.2) is 0 Å². The molecule has 2 atom stereocenters. The second kappa shape index (κ2) is 5.78. The van der Waals surface area contributed by atoms with E-state index in [1.54, 1.807) is 0 Å². The SMILES string of the molecule is CC1NCCCC1NC(=O)c1ccc(C(F)(F)F)nc1. The van der Waals surface area contributed by atoms with E-state index in [9.17, 15) is 18.0 Å². The third-order valence-corrected chi connectivity index (χ3v) is 3.39. The first-order valence-corrected chi connectivity index (χ1v) is 6.45. The average Bonchev–Trinajstić information content (AvgIpc) is 2.40. The number of halogens is 3. The van der Waals surface area contributed by atoms with Gasteiger partial charge in [0.05, 0.1) is 5.56 Å². The Morgan fingerprint density at radius 1 is 1.45 bits per heavy atom. The van der Waals surface area contributed by atoms with Gasteiger partial charge in [0.2, 0.25) is 0 Å². The van der Waals surface area contributed by atoms with Crippen LogP contribution in [0, 0.1) is 0 Å². The molecule has 2 unspecified atom stereocenters. The van der Waals surface area contributed by atoms with Gasteiger partial charge in [-0.1, -0.05) is 0 Å². The van der Waals surface area contributed by atoms with Gasteiger partial charge in [-0.3, -0.25) is 9.78 Å². The van der Waals surface area contributed by atoms with Gasteiger partial charge in [-0.2, -0.15) is 13.2 Å². The Morgan fingerprint density at radius 2 is 2.20 bits per heavy atom. The fourth-order valence-electron chi connectivity index (χ4n) is 2.19. The first-order valence-electron chi connectivity index (χ1n) is 6.45. The Balaban J connectivity index is 2.02. The molecule has 1 fully saturated rings. The summed E-state index contributed by atoms with van der Waals surface area (Å²) in [6, 6.07) is 2.09. The smallest absolute Gasteiger partial charge is 0.348 e. The van der Waals surface area contributed by atoms with Crippen molar-refractivity contribution in [3.05, 3.63) is 29.6 Å². The summed E-state index contributed by atoms with van der Waals surface area (Å²) in [5.74, 6) is -0.397. The maximum atomic E-state index is 12.4. The maximum absolute atomic E-state index is 12.4. The van der Waals surface area contributed by atoms with Crippen LogP contribution in [0.1, 0.15) is 35.8 Å². The van der Waals surface area contributed by atoms with Crippen LogP contribution >= 0.6 is 0 Å². The zero-order valence-corrected chi connectivity index (χ0v) is 11.0. The van der Waals surface area contributed by atoms with Gasteiger partial charge in [-0.15, -0.1) is 0 Å². The van der Waals surface area contributed by atoms with Crippen LogP contribution in [0.3, 0.4) is 0 Å². The van der Waals surface area contributed by atoms with Crippen molar-refractivity contribution in [2.45, 2.75) is 38.0 Å². The molecule has 1 aliphatic heterocycles. The second-order valence-corrected chi connectivity index (χ2v) is 4.89. The van der Waals surface area contributed by atoms with Gasteiger partial charge in [0.1, 0.15) is 5.69 Å². The van der Waals surface area contributed by atoms with Crippen LogP contribution in [-0.4, -0.2) is 29.5 Å². The van der Waals surface area contributed by atoms with Crippen molar-refractivity contribution < 1.29 is 18.0 Å². The maximum Gasteiger partial charge on any atom is 0.433 e. The van der Waals surface area contributed by atoms with Crippen LogP contribution < -0.4 is 10.6 Å². The topological polar surface area (TPSA) is 54.0 Å². The van der Waals surface area contributed by atoms with Gasteiger partial charge in [0.25, 0.3) is 5.91 Å². The summed E-state index contributed by atoms with van der Waals surface area (Å²) < 4.78 is 37.1. The highest BCUT2D eigenvalue weighted by Crippen LogP contribution is 2.27. The largest absolute Gasteiger partial charge is 0.433 e. The molecule has 1 aromatic rings. The summed E-state index contributed by atoms with van der Waals surface area (Å²) in [4.78, 5) is 15.2. The van der Waals surface area contributed by atoms with E-state index in [-0.39, 0.29) is 17.6 Å². The van der Waals surface area contributed by atoms with E-state index in [0.717, 1.165) is 37.7 Å². The molecule has 0 saturated carbocycles. The van der Waals surface area contributed by atoms with Gasteiger partial charge in [-0.25, -0.2) is 0 Å². The molecule has 1 aliphatic rings. The molecule has 0 aliphatic carbocycles. The van der Waals surface area contributed by atoms with Gasteiger partial charge in [0, 0.05) is 18.3 Å². The normalized spacial score (nSPS) is 23.4. The summed E-state index contributed by atoms with van der Waals surface area (Å²) >= 11 is 0. The fraction of sp³-hybridized carbons (Fsp3) is 0.538. The zero-order valence-electron chi connectivity index (χ0n) is 11.0. The van der Waals surface area contributed by atoms with Crippen molar-refractivity contribution >= 4 is 5.91 Å². The Kier molecular flexibility index (Phi) is 4.27. The lowest BCUT2D eigenvalue weighted by Gasteiger charge is -2.30. The Hall–Kier alpha value is -1.63. The Labute approximate surface area is 114 Å². The molecule has 20 heavy (non-hydrogen) atoms. The number of aromatic nitrogens is 1. The lowest BCUT2D eigenvalue weighted by molar-refractivity contribution is -0.141. The lowest BCUT2D eigenvalue weighted by atomic mass is 9.99. The van der Waals surface area contributed by atoms with Crippen LogP contribution in [0.4, 0.5) is 13.2 Å². The number of carbonyl (C=O) groups is 1. The van der Waals surface area contributed by atoms with Gasteiger partial charge >= 0.3 is 6.18 Å². The Morgan fingerprint density at radius 3 is 2.75 bits per heavy atom. The predicted octanol–water partition coefficient (Wildman–Crippen LogP) is 1.97. The summed E-state index contributed by atoms with van der Waals surface area (Å²) in [6.07, 6.45) is -1.72. The van der Waals surface area contributed by atoms with E-state index in [1.165, 1.54) is 0 Å². The number of carbonyl (C=O) groups excluding carboxylic acids is 1. The number of rotatable bonds is 2. The van der Waals surface area contributed by atoms with Crippen molar-refractivity contribution in [3.63, 3.8) is 0 Å². The van der Waals surface area contributed by atoms with Crippen molar-refractivity contribution in [1.82, 2.24) is 15.6 Å². The molecule has 0 aromatic carbocycles. The molecule has 0 radical (unpaired) electrons. The van der Waals surface area contributed by atoms with Crippen LogP contribution in [-0.2, 0) is 6.18 Å². The van der Waals surface area contributed by atoms with Crippen LogP contribution in [0.5, 0.6) is 0 Å². The molecule has 0 bridgehead atoms. The molecule has 2 rings (SSSR count). The van der Waals surface area contributed by atoms with Crippen molar-refractivity contribution in [2.24, 2.45) is 0 Å². The minimum absolute atomic E-state index is 0.0152. The monoisotopic (exact) mass is 287 g/mol. The van der Waals surface area contributed by atoms with E-state index in [1.807, 2.05) is 6.92 Å². The van der Waals surface area contributed by atoms with E-state index in [4.69, 9.17) is 0 Å². The quantitative estimate of drug-likeness (QED) is 0.874. The van der Waals surface area contributed by atoms with Crippen molar-refractivity contribution in [2.75, 3.05) is 6.54 Å². The number of nitrogens with zero attached hydrogens (tertiary/aromatic N) is 1. The summed E-state index contributed by atoms with van der Waals surface area (Å²) in [6.45, 7) is 2.88. The number of alkyl halides is 3. The molecule has 1 saturated heterocycles. The number of nitrogens with one attached hydrogen (secondary N) is 2. The second-order valence-electron chi connectivity index (χ2n) is 4.89. The third kappa shape index (κ3) is 3.47. The predicted molar refractivity (Wildman–Crippen MR) is 67.2 cm³/mol. The highest BCUT2D eigenvalue weighted by Gasteiger charge is 2.32.